The SMILES string of the molecule is CCCc1ccc(-c2ccncc2CN)cc1. The van der Waals surface area contributed by atoms with E-state index in [-0.39, 0.29) is 0 Å². The minimum Gasteiger partial charge on any atom is -0.326 e. The van der Waals surface area contributed by atoms with Crippen LogP contribution >= 0.6 is 0 Å². The van der Waals surface area contributed by atoms with E-state index < -0.39 is 0 Å². The summed E-state index contributed by atoms with van der Waals surface area (Å²) in [5.41, 5.74) is 10.6. The first-order valence-corrected chi connectivity index (χ1v) is 6.07. The molecular weight excluding hydrogens is 208 g/mol. The molecule has 17 heavy (non-hydrogen) atoms. The van der Waals surface area contributed by atoms with E-state index in [0.717, 1.165) is 12.0 Å². The second kappa shape index (κ2) is 5.60. The number of nitrogens with zero attached hydrogens (tertiary/aromatic N) is 1. The standard InChI is InChI=1S/C15H18N2/c1-2-3-12-4-6-13(7-5-12)15-8-9-17-11-14(15)10-16/h4-9,11H,2-3,10,16H2,1H3. The largest absolute Gasteiger partial charge is 0.326 e. The Bertz CT molecular complexity index is 475. The number of hydrogen-bond acceptors (Lipinski definition) is 2. The zero-order valence-corrected chi connectivity index (χ0v) is 10.2. The molecule has 1 aromatic heterocycles. The molecule has 0 amide bonds. The smallest absolute Gasteiger partial charge is 0.0318 e. The van der Waals surface area contributed by atoms with Gasteiger partial charge in [0.05, 0.1) is 0 Å². The Morgan fingerprint density at radius 1 is 1.12 bits per heavy atom. The number of aryl methyl sites for hydroxylation is 1. The van der Waals surface area contributed by atoms with E-state index in [1.807, 2.05) is 18.5 Å². The molecule has 0 radical (unpaired) electrons. The molecule has 2 nitrogen and oxygen atoms in total. The van der Waals surface area contributed by atoms with Crippen molar-refractivity contribution in [2.45, 2.75) is 26.3 Å². The summed E-state index contributed by atoms with van der Waals surface area (Å²) in [4.78, 5) is 4.11. The fourth-order valence-electron chi connectivity index (χ4n) is 2.01. The Morgan fingerprint density at radius 2 is 1.88 bits per heavy atom. The van der Waals surface area contributed by atoms with Crippen LogP contribution in [0.2, 0.25) is 0 Å². The van der Waals surface area contributed by atoms with Crippen molar-refractivity contribution in [2.24, 2.45) is 5.73 Å². The van der Waals surface area contributed by atoms with Gasteiger partial charge in [-0.3, -0.25) is 4.98 Å². The van der Waals surface area contributed by atoms with Crippen LogP contribution in [0.25, 0.3) is 11.1 Å². The monoisotopic (exact) mass is 226 g/mol. The first-order chi connectivity index (χ1) is 8.35. The molecule has 1 aromatic carbocycles. The molecule has 0 saturated heterocycles. The van der Waals surface area contributed by atoms with E-state index in [4.69, 9.17) is 5.73 Å². The lowest BCUT2D eigenvalue weighted by atomic mass is 9.99. The molecule has 0 spiro atoms. The predicted molar refractivity (Wildman–Crippen MR) is 71.6 cm³/mol. The molecule has 88 valence electrons. The van der Waals surface area contributed by atoms with Gasteiger partial charge in [0.15, 0.2) is 0 Å². The molecule has 2 aromatic rings. The topological polar surface area (TPSA) is 38.9 Å². The third kappa shape index (κ3) is 2.71. The lowest BCUT2D eigenvalue weighted by Gasteiger charge is -2.08. The summed E-state index contributed by atoms with van der Waals surface area (Å²) in [6, 6.07) is 10.7. The van der Waals surface area contributed by atoms with E-state index in [0.29, 0.717) is 6.54 Å². The highest BCUT2D eigenvalue weighted by molar-refractivity contribution is 5.66. The zero-order chi connectivity index (χ0) is 12.1. The Morgan fingerprint density at radius 3 is 2.53 bits per heavy atom. The molecular formula is C15H18N2. The van der Waals surface area contributed by atoms with Gasteiger partial charge in [0, 0.05) is 18.9 Å². The van der Waals surface area contributed by atoms with Crippen LogP contribution in [0.4, 0.5) is 0 Å². The van der Waals surface area contributed by atoms with Crippen LogP contribution in [0, 0.1) is 0 Å². The Kier molecular flexibility index (Phi) is 3.89. The van der Waals surface area contributed by atoms with Gasteiger partial charge in [0.2, 0.25) is 0 Å². The molecule has 0 bridgehead atoms. The fourth-order valence-corrected chi connectivity index (χ4v) is 2.01. The molecule has 2 rings (SSSR count). The highest BCUT2D eigenvalue weighted by Gasteiger charge is 2.03. The maximum atomic E-state index is 5.73. The second-order valence-corrected chi connectivity index (χ2v) is 4.18. The van der Waals surface area contributed by atoms with Crippen LogP contribution in [-0.4, -0.2) is 4.98 Å². The van der Waals surface area contributed by atoms with E-state index in [1.165, 1.54) is 23.1 Å². The Labute approximate surface area is 103 Å². The summed E-state index contributed by atoms with van der Waals surface area (Å²) in [5, 5.41) is 0. The van der Waals surface area contributed by atoms with Crippen molar-refractivity contribution in [3.05, 3.63) is 53.9 Å². The van der Waals surface area contributed by atoms with E-state index in [9.17, 15) is 0 Å². The van der Waals surface area contributed by atoms with Gasteiger partial charge in [-0.25, -0.2) is 0 Å². The normalized spacial score (nSPS) is 10.5. The molecule has 1 heterocycles. The highest BCUT2D eigenvalue weighted by atomic mass is 14.6. The van der Waals surface area contributed by atoms with Gasteiger partial charge in [-0.2, -0.15) is 0 Å². The number of aromatic nitrogens is 1. The number of benzene rings is 1. The predicted octanol–water partition coefficient (Wildman–Crippen LogP) is 3.16. The van der Waals surface area contributed by atoms with Gasteiger partial charge in [0.25, 0.3) is 0 Å². The first kappa shape index (κ1) is 11.8. The molecule has 0 fully saturated rings. The van der Waals surface area contributed by atoms with Gasteiger partial charge in [0.1, 0.15) is 0 Å². The number of rotatable bonds is 4. The van der Waals surface area contributed by atoms with Gasteiger partial charge in [-0.05, 0) is 34.7 Å². The van der Waals surface area contributed by atoms with Crippen LogP contribution in [0.3, 0.4) is 0 Å². The molecule has 0 atom stereocenters. The average Bonchev–Trinajstić information content (AvgIpc) is 2.40. The van der Waals surface area contributed by atoms with Crippen LogP contribution in [0.1, 0.15) is 24.5 Å². The summed E-state index contributed by atoms with van der Waals surface area (Å²) < 4.78 is 0. The summed E-state index contributed by atoms with van der Waals surface area (Å²) in [7, 11) is 0. The zero-order valence-electron chi connectivity index (χ0n) is 10.2. The summed E-state index contributed by atoms with van der Waals surface area (Å²) in [5.74, 6) is 0. The molecule has 0 aliphatic rings. The molecule has 0 aliphatic carbocycles. The van der Waals surface area contributed by atoms with Crippen LogP contribution in [0.5, 0.6) is 0 Å². The highest BCUT2D eigenvalue weighted by Crippen LogP contribution is 2.23. The number of nitrogens with two attached hydrogens (primary N) is 1. The van der Waals surface area contributed by atoms with Gasteiger partial charge in [-0.1, -0.05) is 37.6 Å². The third-order valence-corrected chi connectivity index (χ3v) is 2.93. The fraction of sp³-hybridized carbons (Fsp3) is 0.267. The number of hydrogen-bond donors (Lipinski definition) is 1. The lowest BCUT2D eigenvalue weighted by molar-refractivity contribution is 0.922. The van der Waals surface area contributed by atoms with Crippen molar-refractivity contribution < 1.29 is 0 Å². The quantitative estimate of drug-likeness (QED) is 0.869. The van der Waals surface area contributed by atoms with Crippen molar-refractivity contribution in [1.29, 1.82) is 0 Å². The van der Waals surface area contributed by atoms with Crippen molar-refractivity contribution in [1.82, 2.24) is 4.98 Å². The molecule has 0 saturated carbocycles. The van der Waals surface area contributed by atoms with Crippen molar-refractivity contribution in [3.63, 3.8) is 0 Å². The van der Waals surface area contributed by atoms with Gasteiger partial charge >= 0.3 is 0 Å². The Balaban J connectivity index is 2.33. The number of pyridine rings is 1. The summed E-state index contributed by atoms with van der Waals surface area (Å²) in [6.07, 6.45) is 5.98. The van der Waals surface area contributed by atoms with Crippen LogP contribution in [-0.2, 0) is 13.0 Å². The van der Waals surface area contributed by atoms with E-state index in [1.54, 1.807) is 0 Å². The minimum absolute atomic E-state index is 0.528. The lowest BCUT2D eigenvalue weighted by Crippen LogP contribution is -1.99. The molecule has 2 heteroatoms. The van der Waals surface area contributed by atoms with Gasteiger partial charge in [-0.15, -0.1) is 0 Å². The summed E-state index contributed by atoms with van der Waals surface area (Å²) in [6.45, 7) is 2.73. The van der Waals surface area contributed by atoms with Crippen LogP contribution < -0.4 is 5.73 Å². The Hall–Kier alpha value is -1.67. The average molecular weight is 226 g/mol. The van der Waals surface area contributed by atoms with Crippen molar-refractivity contribution >= 4 is 0 Å². The van der Waals surface area contributed by atoms with Crippen molar-refractivity contribution in [3.8, 4) is 11.1 Å². The molecule has 0 aliphatic heterocycles. The molecule has 2 N–H and O–H groups in total. The maximum absolute atomic E-state index is 5.73. The minimum atomic E-state index is 0.528. The van der Waals surface area contributed by atoms with Gasteiger partial charge < -0.3 is 5.73 Å². The molecule has 0 unspecified atom stereocenters. The van der Waals surface area contributed by atoms with E-state index >= 15 is 0 Å². The second-order valence-electron chi connectivity index (χ2n) is 4.18. The van der Waals surface area contributed by atoms with E-state index in [2.05, 4.69) is 36.2 Å². The van der Waals surface area contributed by atoms with Crippen LogP contribution in [0.15, 0.2) is 42.7 Å². The maximum Gasteiger partial charge on any atom is 0.0318 e. The van der Waals surface area contributed by atoms with Crippen molar-refractivity contribution in [2.75, 3.05) is 0 Å². The third-order valence-electron chi connectivity index (χ3n) is 2.93. The summed E-state index contributed by atoms with van der Waals surface area (Å²) >= 11 is 0. The first-order valence-electron chi connectivity index (χ1n) is 6.07.